The molecule has 0 saturated heterocycles. The van der Waals surface area contributed by atoms with Crippen LogP contribution in [0.4, 0.5) is 10.1 Å². The lowest BCUT2D eigenvalue weighted by atomic mass is 9.89. The lowest BCUT2D eigenvalue weighted by Crippen LogP contribution is -2.29. The van der Waals surface area contributed by atoms with Gasteiger partial charge in [0.2, 0.25) is 0 Å². The fourth-order valence-corrected chi connectivity index (χ4v) is 4.39. The summed E-state index contributed by atoms with van der Waals surface area (Å²) in [4.78, 5) is 17.2. The van der Waals surface area contributed by atoms with Gasteiger partial charge in [0.05, 0.1) is 5.54 Å². The van der Waals surface area contributed by atoms with Crippen LogP contribution in [0.2, 0.25) is 0 Å². The van der Waals surface area contributed by atoms with Crippen molar-refractivity contribution in [1.29, 1.82) is 0 Å². The van der Waals surface area contributed by atoms with Crippen molar-refractivity contribution >= 4 is 28.5 Å². The Kier molecular flexibility index (Phi) is 5.15. The Labute approximate surface area is 172 Å². The van der Waals surface area contributed by atoms with Crippen molar-refractivity contribution in [3.8, 4) is 5.69 Å². The molecule has 0 radical (unpaired) electrons. The van der Waals surface area contributed by atoms with Crippen molar-refractivity contribution in [2.45, 2.75) is 18.9 Å². The number of nitrogens with one attached hydrogen (secondary N) is 1. The summed E-state index contributed by atoms with van der Waals surface area (Å²) >= 11 is 1.47. The van der Waals surface area contributed by atoms with E-state index in [-0.39, 0.29) is 11.7 Å². The standard InChI is InChI=1S/C22H21FN4OS/c1-22(9-12-29-21(24)26-22)18-14-16(7-8-19(18)23)25-20(28)15-5-4-6-17(13-15)27-10-2-3-11-27/h2-8,10-11,13-14H,9,12H2,1H3,(H2,24,26)(H,25,28). The van der Waals surface area contributed by atoms with Crippen molar-refractivity contribution < 1.29 is 9.18 Å². The van der Waals surface area contributed by atoms with E-state index in [0.717, 1.165) is 11.4 Å². The first-order valence-corrected chi connectivity index (χ1v) is 10.3. The molecule has 3 aromatic rings. The number of hydrogen-bond donors (Lipinski definition) is 2. The van der Waals surface area contributed by atoms with E-state index in [1.54, 1.807) is 18.2 Å². The zero-order valence-electron chi connectivity index (χ0n) is 15.9. The minimum absolute atomic E-state index is 0.260. The Bertz CT molecular complexity index is 1080. The monoisotopic (exact) mass is 408 g/mol. The maximum Gasteiger partial charge on any atom is 0.255 e. The number of nitrogens with two attached hydrogens (primary N) is 1. The highest BCUT2D eigenvalue weighted by atomic mass is 32.2. The Hall–Kier alpha value is -3.06. The number of aliphatic imine (C=N–C) groups is 1. The fourth-order valence-electron chi connectivity index (χ4n) is 3.41. The lowest BCUT2D eigenvalue weighted by Gasteiger charge is -2.30. The summed E-state index contributed by atoms with van der Waals surface area (Å²) in [5.41, 5.74) is 7.48. The number of amides is 1. The van der Waals surface area contributed by atoms with Gasteiger partial charge in [-0.2, -0.15) is 0 Å². The molecule has 1 aliphatic heterocycles. The highest BCUT2D eigenvalue weighted by Crippen LogP contribution is 2.37. The second-order valence-corrected chi connectivity index (χ2v) is 8.23. The summed E-state index contributed by atoms with van der Waals surface area (Å²) < 4.78 is 16.5. The van der Waals surface area contributed by atoms with E-state index in [0.29, 0.717) is 28.4 Å². The number of thioether (sulfide) groups is 1. The van der Waals surface area contributed by atoms with Crippen LogP contribution in [0.5, 0.6) is 0 Å². The maximum atomic E-state index is 14.6. The van der Waals surface area contributed by atoms with Gasteiger partial charge >= 0.3 is 0 Å². The Morgan fingerprint density at radius 1 is 1.21 bits per heavy atom. The lowest BCUT2D eigenvalue weighted by molar-refractivity contribution is 0.102. The molecule has 1 atom stereocenters. The summed E-state index contributed by atoms with van der Waals surface area (Å²) in [6.07, 6.45) is 4.50. The van der Waals surface area contributed by atoms with Crippen LogP contribution in [0.1, 0.15) is 29.3 Å². The molecule has 1 aromatic heterocycles. The number of aromatic nitrogens is 1. The molecular weight excluding hydrogens is 387 g/mol. The number of amidine groups is 1. The molecule has 0 bridgehead atoms. The molecule has 2 aromatic carbocycles. The number of hydrogen-bond acceptors (Lipinski definition) is 4. The molecule has 0 fully saturated rings. The molecule has 2 heterocycles. The van der Waals surface area contributed by atoms with Crippen molar-refractivity contribution in [2.24, 2.45) is 10.7 Å². The predicted octanol–water partition coefficient (Wildman–Crippen LogP) is 4.54. The normalized spacial score (nSPS) is 18.9. The van der Waals surface area contributed by atoms with Crippen LogP contribution in [0.3, 0.4) is 0 Å². The van der Waals surface area contributed by atoms with Crippen LogP contribution in [-0.2, 0) is 5.54 Å². The van der Waals surface area contributed by atoms with E-state index in [1.165, 1.54) is 17.8 Å². The third-order valence-electron chi connectivity index (χ3n) is 5.01. The van der Waals surface area contributed by atoms with E-state index in [4.69, 9.17) is 5.73 Å². The first-order valence-electron chi connectivity index (χ1n) is 9.27. The minimum Gasteiger partial charge on any atom is -0.379 e. The van der Waals surface area contributed by atoms with Crippen LogP contribution < -0.4 is 11.1 Å². The molecule has 1 aliphatic rings. The van der Waals surface area contributed by atoms with E-state index < -0.39 is 5.54 Å². The molecule has 1 amide bonds. The average Bonchev–Trinajstić information content (AvgIpc) is 3.24. The van der Waals surface area contributed by atoms with Gasteiger partial charge in [-0.25, -0.2) is 4.39 Å². The third kappa shape index (κ3) is 4.05. The fraction of sp³-hybridized carbons (Fsp3) is 0.182. The Morgan fingerprint density at radius 3 is 2.76 bits per heavy atom. The third-order valence-corrected chi connectivity index (χ3v) is 5.81. The van der Waals surface area contributed by atoms with Crippen LogP contribution in [0.15, 0.2) is 72.0 Å². The smallest absolute Gasteiger partial charge is 0.255 e. The molecule has 0 spiro atoms. The molecule has 5 nitrogen and oxygen atoms in total. The van der Waals surface area contributed by atoms with Gasteiger partial charge in [-0.3, -0.25) is 9.79 Å². The van der Waals surface area contributed by atoms with Crippen molar-refractivity contribution in [1.82, 2.24) is 4.57 Å². The van der Waals surface area contributed by atoms with E-state index in [1.807, 2.05) is 54.2 Å². The molecule has 29 heavy (non-hydrogen) atoms. The number of rotatable bonds is 4. The summed E-state index contributed by atoms with van der Waals surface area (Å²) in [6, 6.07) is 15.7. The van der Waals surface area contributed by atoms with E-state index in [9.17, 15) is 9.18 Å². The van der Waals surface area contributed by atoms with Crippen LogP contribution in [0.25, 0.3) is 5.69 Å². The summed E-state index contributed by atoms with van der Waals surface area (Å²) in [5, 5.41) is 3.32. The van der Waals surface area contributed by atoms with E-state index in [2.05, 4.69) is 10.3 Å². The van der Waals surface area contributed by atoms with E-state index >= 15 is 0 Å². The maximum absolute atomic E-state index is 14.6. The van der Waals surface area contributed by atoms with Crippen LogP contribution >= 0.6 is 11.8 Å². The van der Waals surface area contributed by atoms with Crippen LogP contribution in [-0.4, -0.2) is 21.4 Å². The highest BCUT2D eigenvalue weighted by Gasteiger charge is 2.32. The molecule has 1 unspecified atom stereocenters. The molecular formula is C22H21FN4OS. The van der Waals surface area contributed by atoms with Crippen molar-refractivity contribution in [2.75, 3.05) is 11.1 Å². The number of benzene rings is 2. The number of carbonyl (C=O) groups is 1. The number of anilines is 1. The zero-order valence-corrected chi connectivity index (χ0v) is 16.7. The molecule has 4 rings (SSSR count). The second-order valence-electron chi connectivity index (χ2n) is 7.11. The number of nitrogens with zero attached hydrogens (tertiary/aromatic N) is 2. The second kappa shape index (κ2) is 7.75. The summed E-state index contributed by atoms with van der Waals surface area (Å²) in [6.45, 7) is 1.87. The van der Waals surface area contributed by atoms with Gasteiger partial charge < -0.3 is 15.6 Å². The summed E-state index contributed by atoms with van der Waals surface area (Å²) in [7, 11) is 0. The van der Waals surface area contributed by atoms with Gasteiger partial charge in [-0.05, 0) is 61.9 Å². The van der Waals surface area contributed by atoms with Gasteiger partial charge in [-0.1, -0.05) is 17.8 Å². The average molecular weight is 409 g/mol. The Balaban J connectivity index is 1.60. The Morgan fingerprint density at radius 2 is 2.00 bits per heavy atom. The quantitative estimate of drug-likeness (QED) is 0.666. The van der Waals surface area contributed by atoms with Gasteiger partial charge in [-0.15, -0.1) is 0 Å². The zero-order chi connectivity index (χ0) is 20.4. The first kappa shape index (κ1) is 19.3. The molecule has 148 valence electrons. The first-order chi connectivity index (χ1) is 13.9. The van der Waals surface area contributed by atoms with Gasteiger partial charge in [0, 0.05) is 40.6 Å². The molecule has 0 saturated carbocycles. The van der Waals surface area contributed by atoms with Gasteiger partial charge in [0.15, 0.2) is 5.17 Å². The minimum atomic E-state index is -0.742. The molecule has 3 N–H and O–H groups in total. The SMILES string of the molecule is CC1(c2cc(NC(=O)c3cccc(-n4cccc4)c3)ccc2F)CCSC(N)=N1. The highest BCUT2D eigenvalue weighted by molar-refractivity contribution is 8.13. The number of halogens is 1. The largest absolute Gasteiger partial charge is 0.379 e. The van der Waals surface area contributed by atoms with Crippen molar-refractivity contribution in [3.05, 3.63) is 83.9 Å². The predicted molar refractivity (Wildman–Crippen MR) is 116 cm³/mol. The molecule has 7 heteroatoms. The van der Waals surface area contributed by atoms with Crippen molar-refractivity contribution in [3.63, 3.8) is 0 Å². The van der Waals surface area contributed by atoms with Gasteiger partial charge in [0.25, 0.3) is 5.91 Å². The molecule has 0 aliphatic carbocycles. The summed E-state index contributed by atoms with van der Waals surface area (Å²) in [5.74, 6) is 0.154. The topological polar surface area (TPSA) is 72.4 Å². The number of carbonyl (C=O) groups excluding carboxylic acids is 1. The van der Waals surface area contributed by atoms with Gasteiger partial charge in [0.1, 0.15) is 5.82 Å². The van der Waals surface area contributed by atoms with Crippen LogP contribution in [0, 0.1) is 5.82 Å².